The zero-order chi connectivity index (χ0) is 25.1. The van der Waals surface area contributed by atoms with E-state index in [2.05, 4.69) is 4.98 Å². The Labute approximate surface area is 209 Å². The number of carbonyl (C=O) groups excluding carboxylic acids is 1. The van der Waals surface area contributed by atoms with E-state index in [4.69, 9.17) is 9.47 Å². The first-order chi connectivity index (χ1) is 17.3. The summed E-state index contributed by atoms with van der Waals surface area (Å²) in [6.45, 7) is 5.10. The fourth-order valence-corrected chi connectivity index (χ4v) is 6.47. The Hall–Kier alpha value is -3.39. The number of hydrogen-bond acceptors (Lipinski definition) is 5. The number of fused-ring (bicyclic) bond motifs is 4. The summed E-state index contributed by atoms with van der Waals surface area (Å²) in [7, 11) is 0. The lowest BCUT2D eigenvalue weighted by atomic mass is 9.68. The van der Waals surface area contributed by atoms with Gasteiger partial charge in [-0.1, -0.05) is 24.3 Å². The Morgan fingerprint density at radius 1 is 1.19 bits per heavy atom. The monoisotopic (exact) mass is 489 g/mol. The smallest absolute Gasteiger partial charge is 0.303 e. The quantitative estimate of drug-likeness (QED) is 0.584. The number of ether oxygens (including phenoxy) is 2. The Balaban J connectivity index is 1.34. The van der Waals surface area contributed by atoms with Crippen LogP contribution in [0, 0.1) is 12.8 Å². The van der Waals surface area contributed by atoms with Gasteiger partial charge in [0.2, 0.25) is 0 Å². The van der Waals surface area contributed by atoms with Crippen molar-refractivity contribution in [3.8, 4) is 5.75 Å². The predicted octanol–water partition coefficient (Wildman–Crippen LogP) is 4.41. The molecule has 0 unspecified atom stereocenters. The van der Waals surface area contributed by atoms with Crippen LogP contribution in [0.4, 0.5) is 0 Å². The maximum absolute atomic E-state index is 13.8. The van der Waals surface area contributed by atoms with E-state index in [1.807, 2.05) is 65.7 Å². The molecule has 0 aliphatic carbocycles. The number of aromatic nitrogens is 2. The van der Waals surface area contributed by atoms with E-state index >= 15 is 0 Å². The van der Waals surface area contributed by atoms with E-state index < -0.39 is 17.1 Å². The third-order valence-corrected chi connectivity index (χ3v) is 8.34. The first kappa shape index (κ1) is 23.0. The molecule has 2 aromatic heterocycles. The number of carbonyl (C=O) groups is 2. The molecule has 0 radical (unpaired) electrons. The minimum Gasteiger partial charge on any atom is -0.487 e. The van der Waals surface area contributed by atoms with Crippen LogP contribution in [0.2, 0.25) is 0 Å². The fraction of sp³-hybridized carbons (Fsp3) is 0.464. The number of para-hydroxylation sites is 1. The van der Waals surface area contributed by atoms with Crippen molar-refractivity contribution in [2.24, 2.45) is 5.92 Å². The summed E-state index contributed by atoms with van der Waals surface area (Å²) in [4.78, 5) is 31.8. The Kier molecular flexibility index (Phi) is 5.33. The van der Waals surface area contributed by atoms with E-state index in [0.29, 0.717) is 31.7 Å². The zero-order valence-electron chi connectivity index (χ0n) is 20.6. The number of pyridine rings is 1. The third kappa shape index (κ3) is 3.66. The van der Waals surface area contributed by atoms with Crippen molar-refractivity contribution in [1.29, 1.82) is 0 Å². The molecule has 36 heavy (non-hydrogen) atoms. The summed E-state index contributed by atoms with van der Waals surface area (Å²) >= 11 is 0. The van der Waals surface area contributed by atoms with Gasteiger partial charge in [0.1, 0.15) is 22.7 Å². The van der Waals surface area contributed by atoms with E-state index in [1.165, 1.54) is 0 Å². The molecule has 3 aromatic rings. The van der Waals surface area contributed by atoms with Gasteiger partial charge < -0.3 is 23.9 Å². The number of carboxylic acid groups (broad SMARTS) is 1. The summed E-state index contributed by atoms with van der Waals surface area (Å²) in [5.74, 6) is -0.263. The van der Waals surface area contributed by atoms with Crippen LogP contribution < -0.4 is 4.74 Å². The summed E-state index contributed by atoms with van der Waals surface area (Å²) in [5, 5.41) is 9.42. The third-order valence-electron chi connectivity index (χ3n) is 8.34. The molecule has 1 amide bonds. The lowest BCUT2D eigenvalue weighted by Crippen LogP contribution is -2.60. The average Bonchev–Trinajstić information content (AvgIpc) is 3.46. The largest absolute Gasteiger partial charge is 0.487 e. The number of aryl methyl sites for hydroxylation is 1. The molecule has 8 heteroatoms. The molecule has 188 valence electrons. The number of benzene rings is 1. The highest BCUT2D eigenvalue weighted by Crippen LogP contribution is 2.55. The number of aliphatic carboxylic acids is 1. The van der Waals surface area contributed by atoms with Crippen LogP contribution in [0.1, 0.15) is 66.7 Å². The molecule has 3 aliphatic rings. The van der Waals surface area contributed by atoms with Gasteiger partial charge in [-0.15, -0.1) is 0 Å². The molecule has 4 atom stereocenters. The highest BCUT2D eigenvalue weighted by atomic mass is 16.5. The first-order valence-electron chi connectivity index (χ1n) is 12.7. The number of carboxylic acids is 1. The molecule has 1 aromatic carbocycles. The summed E-state index contributed by atoms with van der Waals surface area (Å²) in [5.41, 5.74) is 2.09. The van der Waals surface area contributed by atoms with E-state index in [9.17, 15) is 14.7 Å². The van der Waals surface area contributed by atoms with Gasteiger partial charge in [0.25, 0.3) is 5.91 Å². The van der Waals surface area contributed by atoms with Gasteiger partial charge in [-0.3, -0.25) is 9.59 Å². The fourth-order valence-electron chi connectivity index (χ4n) is 6.47. The maximum Gasteiger partial charge on any atom is 0.303 e. The van der Waals surface area contributed by atoms with Crippen molar-refractivity contribution in [2.75, 3.05) is 13.2 Å². The van der Waals surface area contributed by atoms with Crippen LogP contribution >= 0.6 is 0 Å². The lowest BCUT2D eigenvalue weighted by Gasteiger charge is -2.54. The minimum absolute atomic E-state index is 0.0121. The molecule has 3 aliphatic heterocycles. The number of imidazole rings is 1. The minimum atomic E-state index is -0.846. The molecular weight excluding hydrogens is 458 g/mol. The highest BCUT2D eigenvalue weighted by molar-refractivity contribution is 5.93. The Morgan fingerprint density at radius 3 is 2.86 bits per heavy atom. The molecule has 1 spiro atoms. The molecule has 5 heterocycles. The van der Waals surface area contributed by atoms with Crippen molar-refractivity contribution in [2.45, 2.75) is 63.2 Å². The second-order valence-electron chi connectivity index (χ2n) is 10.8. The van der Waals surface area contributed by atoms with Gasteiger partial charge in [-0.05, 0) is 57.2 Å². The van der Waals surface area contributed by atoms with Crippen LogP contribution in [0.3, 0.4) is 0 Å². The van der Waals surface area contributed by atoms with Crippen LogP contribution in [0.25, 0.3) is 5.65 Å². The Morgan fingerprint density at radius 2 is 2.03 bits per heavy atom. The summed E-state index contributed by atoms with van der Waals surface area (Å²) in [6.07, 6.45) is 6.39. The van der Waals surface area contributed by atoms with Gasteiger partial charge in [0.05, 0.1) is 18.2 Å². The highest BCUT2D eigenvalue weighted by Gasteiger charge is 2.57. The van der Waals surface area contributed by atoms with Crippen LogP contribution in [-0.4, -0.2) is 55.6 Å². The number of hydrogen-bond donors (Lipinski definition) is 1. The van der Waals surface area contributed by atoms with Crippen LogP contribution in [0.5, 0.6) is 5.75 Å². The van der Waals surface area contributed by atoms with Gasteiger partial charge >= 0.3 is 5.97 Å². The second kappa shape index (κ2) is 8.34. The molecule has 2 fully saturated rings. The zero-order valence-corrected chi connectivity index (χ0v) is 20.6. The normalized spacial score (nSPS) is 29.1. The molecule has 1 N–H and O–H groups in total. The summed E-state index contributed by atoms with van der Waals surface area (Å²) < 4.78 is 15.0. The van der Waals surface area contributed by atoms with Gasteiger partial charge in [-0.2, -0.15) is 0 Å². The predicted molar refractivity (Wildman–Crippen MR) is 132 cm³/mol. The van der Waals surface area contributed by atoms with Crippen molar-refractivity contribution in [3.63, 3.8) is 0 Å². The molecule has 0 saturated carbocycles. The average molecular weight is 490 g/mol. The van der Waals surface area contributed by atoms with Crippen molar-refractivity contribution < 1.29 is 24.2 Å². The first-order valence-corrected chi connectivity index (χ1v) is 12.7. The Bertz CT molecular complexity index is 1350. The molecule has 8 nitrogen and oxygen atoms in total. The number of rotatable bonds is 4. The van der Waals surface area contributed by atoms with Crippen molar-refractivity contribution in [3.05, 3.63) is 65.6 Å². The maximum atomic E-state index is 13.8. The number of nitrogens with zero attached hydrogens (tertiary/aromatic N) is 3. The van der Waals surface area contributed by atoms with Crippen LogP contribution in [-0.2, 0) is 9.53 Å². The molecule has 2 saturated heterocycles. The topological polar surface area (TPSA) is 93.4 Å². The number of amides is 1. The van der Waals surface area contributed by atoms with Gasteiger partial charge in [0, 0.05) is 36.8 Å². The van der Waals surface area contributed by atoms with E-state index in [0.717, 1.165) is 35.4 Å². The second-order valence-corrected chi connectivity index (χ2v) is 10.8. The molecule has 6 rings (SSSR count). The van der Waals surface area contributed by atoms with Gasteiger partial charge in [0.15, 0.2) is 0 Å². The molecular formula is C28H31N3O5. The molecule has 0 bridgehead atoms. The van der Waals surface area contributed by atoms with E-state index in [-0.39, 0.29) is 24.3 Å². The lowest BCUT2D eigenvalue weighted by molar-refractivity contribution is -0.169. The SMILES string of the molecule is Cc1ccc2nc(C(=O)N3CCC[C@]34CO[C@H]3c5ccccc5O[C@@](C)(CCC(=O)O)[C@@H]3C4)cn2c1. The number of likely N-dealkylation sites (tertiary alicyclic amines) is 1. The van der Waals surface area contributed by atoms with Gasteiger partial charge in [-0.25, -0.2) is 4.98 Å². The van der Waals surface area contributed by atoms with E-state index in [1.54, 1.807) is 6.20 Å². The standard InChI is InChI=1S/C28H31N3O5/c1-18-8-9-23-29-21(16-30(23)15-18)26(34)31-13-5-11-28(31)14-20-25(35-17-28)19-6-3-4-7-22(19)36-27(20,2)12-10-24(32)33/h3-4,6-9,15-16,20,25H,5,10-14,17H2,1-2H3,(H,32,33)/t20-,25+,27+,28+/m1/s1. The summed E-state index contributed by atoms with van der Waals surface area (Å²) in [6, 6.07) is 11.8. The van der Waals surface area contributed by atoms with Crippen LogP contribution in [0.15, 0.2) is 48.8 Å². The van der Waals surface area contributed by atoms with Crippen molar-refractivity contribution >= 4 is 17.5 Å². The van der Waals surface area contributed by atoms with Crippen molar-refractivity contribution in [1.82, 2.24) is 14.3 Å².